The van der Waals surface area contributed by atoms with E-state index in [4.69, 9.17) is 23.2 Å². The molecule has 0 amide bonds. The van der Waals surface area contributed by atoms with E-state index in [1.54, 1.807) is 0 Å². The van der Waals surface area contributed by atoms with Gasteiger partial charge in [0.1, 0.15) is 5.15 Å². The van der Waals surface area contributed by atoms with Crippen LogP contribution in [0.5, 0.6) is 0 Å². The maximum atomic E-state index is 6.19. The first-order valence-electron chi connectivity index (χ1n) is 5.79. The highest BCUT2D eigenvalue weighted by Crippen LogP contribution is 2.35. The fraction of sp³-hybridized carbons (Fsp3) is 0.286. The van der Waals surface area contributed by atoms with E-state index < -0.39 is 0 Å². The number of hydrogen-bond acceptors (Lipinski definition) is 2. The first-order chi connectivity index (χ1) is 8.80. The Morgan fingerprint density at radius 2 is 1.68 bits per heavy atom. The molecule has 0 radical (unpaired) electrons. The van der Waals surface area contributed by atoms with Gasteiger partial charge in [-0.1, -0.05) is 56.1 Å². The van der Waals surface area contributed by atoms with Crippen LogP contribution in [-0.2, 0) is 5.41 Å². The average molecular weight is 360 g/mol. The van der Waals surface area contributed by atoms with Crippen LogP contribution in [0.4, 0.5) is 0 Å². The molecule has 0 spiro atoms. The highest BCUT2D eigenvalue weighted by molar-refractivity contribution is 9.10. The Balaban J connectivity index is 2.68. The van der Waals surface area contributed by atoms with Crippen molar-refractivity contribution in [1.29, 1.82) is 0 Å². The molecule has 2 aromatic rings. The van der Waals surface area contributed by atoms with Gasteiger partial charge in [-0.15, -0.1) is 0 Å². The van der Waals surface area contributed by atoms with Crippen molar-refractivity contribution in [2.75, 3.05) is 0 Å². The summed E-state index contributed by atoms with van der Waals surface area (Å²) in [7, 11) is 0. The molecule has 1 aromatic heterocycles. The van der Waals surface area contributed by atoms with E-state index in [-0.39, 0.29) is 5.41 Å². The average Bonchev–Trinajstić information content (AvgIpc) is 2.31. The smallest absolute Gasteiger partial charge is 0.162 e. The third-order valence-corrected chi connectivity index (χ3v) is 4.22. The molecule has 1 aromatic carbocycles. The summed E-state index contributed by atoms with van der Waals surface area (Å²) < 4.78 is 0.734. The number of halogens is 3. The third kappa shape index (κ3) is 3.10. The quantitative estimate of drug-likeness (QED) is 0.627. The fourth-order valence-electron chi connectivity index (χ4n) is 1.68. The van der Waals surface area contributed by atoms with Crippen LogP contribution >= 0.6 is 39.1 Å². The van der Waals surface area contributed by atoms with Crippen LogP contribution in [-0.4, -0.2) is 9.97 Å². The number of nitrogens with zero attached hydrogens (tertiary/aromatic N) is 2. The van der Waals surface area contributed by atoms with Crippen molar-refractivity contribution in [3.8, 4) is 11.4 Å². The standard InChI is InChI=1S/C14H13BrCl2N2/c1-14(2,3)11-10(15)12(17)19-13(18-11)8-6-4-5-7-9(8)16/h4-7H,1-3H3. The van der Waals surface area contributed by atoms with Gasteiger partial charge in [-0.05, 0) is 28.1 Å². The number of hydrogen-bond donors (Lipinski definition) is 0. The second-order valence-electron chi connectivity index (χ2n) is 5.23. The van der Waals surface area contributed by atoms with Crippen LogP contribution < -0.4 is 0 Å². The van der Waals surface area contributed by atoms with Gasteiger partial charge >= 0.3 is 0 Å². The molecule has 0 bridgehead atoms. The van der Waals surface area contributed by atoms with Crippen LogP contribution in [0.2, 0.25) is 10.2 Å². The van der Waals surface area contributed by atoms with Gasteiger partial charge in [0.05, 0.1) is 15.2 Å². The predicted molar refractivity (Wildman–Crippen MR) is 83.9 cm³/mol. The summed E-state index contributed by atoms with van der Waals surface area (Å²) in [4.78, 5) is 8.91. The monoisotopic (exact) mass is 358 g/mol. The predicted octanol–water partition coefficient (Wildman–Crippen LogP) is 5.51. The number of benzene rings is 1. The lowest BCUT2D eigenvalue weighted by molar-refractivity contribution is 0.564. The van der Waals surface area contributed by atoms with Crippen molar-refractivity contribution in [2.24, 2.45) is 0 Å². The molecule has 0 atom stereocenters. The zero-order valence-corrected chi connectivity index (χ0v) is 13.9. The van der Waals surface area contributed by atoms with Gasteiger partial charge in [-0.2, -0.15) is 0 Å². The van der Waals surface area contributed by atoms with Crippen LogP contribution in [0.25, 0.3) is 11.4 Å². The Morgan fingerprint density at radius 1 is 1.05 bits per heavy atom. The summed E-state index contributed by atoms with van der Waals surface area (Å²) in [5, 5.41) is 1.01. The Kier molecular flexibility index (Phi) is 4.19. The van der Waals surface area contributed by atoms with Gasteiger partial charge in [0, 0.05) is 11.0 Å². The zero-order valence-electron chi connectivity index (χ0n) is 10.8. The molecule has 0 aliphatic carbocycles. The van der Waals surface area contributed by atoms with Crippen LogP contribution in [0, 0.1) is 0 Å². The molecule has 0 unspecified atom stereocenters. The van der Waals surface area contributed by atoms with Crippen LogP contribution in [0.3, 0.4) is 0 Å². The van der Waals surface area contributed by atoms with E-state index in [1.165, 1.54) is 0 Å². The second kappa shape index (κ2) is 5.39. The summed E-state index contributed by atoms with van der Waals surface area (Å²) in [5.74, 6) is 0.545. The molecule has 0 saturated carbocycles. The summed E-state index contributed by atoms with van der Waals surface area (Å²) in [5.41, 5.74) is 1.51. The highest BCUT2D eigenvalue weighted by Gasteiger charge is 2.23. The molecule has 0 N–H and O–H groups in total. The molecular formula is C14H13BrCl2N2. The van der Waals surface area contributed by atoms with E-state index in [1.807, 2.05) is 24.3 Å². The van der Waals surface area contributed by atoms with E-state index >= 15 is 0 Å². The summed E-state index contributed by atoms with van der Waals surface area (Å²) in [6, 6.07) is 7.47. The van der Waals surface area contributed by atoms with Gasteiger partial charge in [0.2, 0.25) is 0 Å². The summed E-state index contributed by atoms with van der Waals surface area (Å²) >= 11 is 15.8. The van der Waals surface area contributed by atoms with Crippen LogP contribution in [0.15, 0.2) is 28.7 Å². The third-order valence-electron chi connectivity index (χ3n) is 2.64. The minimum Gasteiger partial charge on any atom is -0.231 e. The van der Waals surface area contributed by atoms with Crippen molar-refractivity contribution in [2.45, 2.75) is 26.2 Å². The maximum absolute atomic E-state index is 6.19. The van der Waals surface area contributed by atoms with E-state index in [0.29, 0.717) is 16.0 Å². The summed E-state index contributed by atoms with van der Waals surface area (Å²) in [6.07, 6.45) is 0. The number of aromatic nitrogens is 2. The van der Waals surface area contributed by atoms with Crippen molar-refractivity contribution in [1.82, 2.24) is 9.97 Å². The Bertz CT molecular complexity index is 621. The molecule has 0 aliphatic rings. The lowest BCUT2D eigenvalue weighted by atomic mass is 9.92. The lowest BCUT2D eigenvalue weighted by Gasteiger charge is -2.20. The van der Waals surface area contributed by atoms with E-state index in [9.17, 15) is 0 Å². The van der Waals surface area contributed by atoms with Gasteiger partial charge in [0.25, 0.3) is 0 Å². The molecule has 2 nitrogen and oxygen atoms in total. The second-order valence-corrected chi connectivity index (χ2v) is 6.79. The molecule has 100 valence electrons. The Hall–Kier alpha value is -0.640. The minimum absolute atomic E-state index is 0.137. The van der Waals surface area contributed by atoms with Crippen LogP contribution in [0.1, 0.15) is 26.5 Å². The van der Waals surface area contributed by atoms with E-state index in [0.717, 1.165) is 15.7 Å². The molecule has 1 heterocycles. The largest absolute Gasteiger partial charge is 0.231 e. The first kappa shape index (κ1) is 14.8. The molecule has 0 aliphatic heterocycles. The van der Waals surface area contributed by atoms with Crippen molar-refractivity contribution in [3.63, 3.8) is 0 Å². The first-order valence-corrected chi connectivity index (χ1v) is 7.34. The van der Waals surface area contributed by atoms with Gasteiger partial charge in [-0.25, -0.2) is 9.97 Å². The van der Waals surface area contributed by atoms with Crippen molar-refractivity contribution < 1.29 is 0 Å². The molecule has 19 heavy (non-hydrogen) atoms. The SMILES string of the molecule is CC(C)(C)c1nc(-c2ccccc2Cl)nc(Cl)c1Br. The Morgan fingerprint density at radius 3 is 2.26 bits per heavy atom. The highest BCUT2D eigenvalue weighted by atomic mass is 79.9. The molecular weight excluding hydrogens is 347 g/mol. The fourth-order valence-corrected chi connectivity index (χ4v) is 2.84. The van der Waals surface area contributed by atoms with Gasteiger partial charge in [-0.3, -0.25) is 0 Å². The minimum atomic E-state index is -0.137. The van der Waals surface area contributed by atoms with E-state index in [2.05, 4.69) is 46.7 Å². The normalized spacial score (nSPS) is 11.7. The molecule has 0 fully saturated rings. The topological polar surface area (TPSA) is 25.8 Å². The summed E-state index contributed by atoms with van der Waals surface area (Å²) in [6.45, 7) is 6.23. The maximum Gasteiger partial charge on any atom is 0.162 e. The Labute approximate surface area is 131 Å². The lowest BCUT2D eigenvalue weighted by Crippen LogP contribution is -2.16. The molecule has 5 heteroatoms. The number of rotatable bonds is 1. The molecule has 0 saturated heterocycles. The molecule has 2 rings (SSSR count). The van der Waals surface area contributed by atoms with Gasteiger partial charge in [0.15, 0.2) is 5.82 Å². The zero-order chi connectivity index (χ0) is 14.2. The van der Waals surface area contributed by atoms with Crippen molar-refractivity contribution >= 4 is 39.1 Å². The van der Waals surface area contributed by atoms with Crippen molar-refractivity contribution in [3.05, 3.63) is 44.6 Å². The van der Waals surface area contributed by atoms with Gasteiger partial charge < -0.3 is 0 Å².